The number of hydrogen-bond acceptors (Lipinski definition) is 4. The molecule has 0 bridgehead atoms. The Balaban J connectivity index is 2.36. The molecule has 2 aromatic carbocycles. The van der Waals surface area contributed by atoms with Crippen LogP contribution in [0.3, 0.4) is 0 Å². The van der Waals surface area contributed by atoms with Crippen molar-refractivity contribution >= 4 is 16.7 Å². The second kappa shape index (κ2) is 7.73. The molecule has 0 aliphatic rings. The normalized spacial score (nSPS) is 11.4. The van der Waals surface area contributed by atoms with E-state index in [0.717, 1.165) is 0 Å². The van der Waals surface area contributed by atoms with Gasteiger partial charge in [-0.2, -0.15) is 0 Å². The first-order valence-corrected chi connectivity index (χ1v) is 8.04. The minimum absolute atomic E-state index is 0.0908. The molecule has 0 saturated heterocycles. The number of halogens is 2. The molecule has 1 aromatic heterocycles. The highest BCUT2D eigenvalue weighted by molar-refractivity contribution is 5.91. The van der Waals surface area contributed by atoms with Crippen LogP contribution in [0.4, 0.5) is 8.78 Å². The standard InChI is InChI=1S/C21H13F2N3O2/c1-25-17(11-24)21(28-3)14-9-8-13-18(27-2)10-16(26-20(13)19(14)23)12-6-4-5-7-15(12)22/h4-10H,2-3H3/b21-17-. The maximum atomic E-state index is 15.3. The summed E-state index contributed by atoms with van der Waals surface area (Å²) < 4.78 is 39.9. The van der Waals surface area contributed by atoms with Crippen LogP contribution in [-0.4, -0.2) is 19.2 Å². The van der Waals surface area contributed by atoms with Crippen LogP contribution >= 0.6 is 0 Å². The van der Waals surface area contributed by atoms with Gasteiger partial charge in [0, 0.05) is 22.6 Å². The maximum absolute atomic E-state index is 15.3. The summed E-state index contributed by atoms with van der Waals surface area (Å²) in [4.78, 5) is 7.34. The summed E-state index contributed by atoms with van der Waals surface area (Å²) in [5, 5.41) is 9.46. The quantitative estimate of drug-likeness (QED) is 0.367. The van der Waals surface area contributed by atoms with Gasteiger partial charge in [-0.15, -0.1) is 0 Å². The van der Waals surface area contributed by atoms with Crippen molar-refractivity contribution in [3.05, 3.63) is 76.8 Å². The monoisotopic (exact) mass is 377 g/mol. The number of aromatic nitrogens is 1. The topological polar surface area (TPSA) is 59.5 Å². The molecule has 0 atom stereocenters. The number of pyridine rings is 1. The second-order valence-electron chi connectivity index (χ2n) is 5.62. The molecule has 7 heteroatoms. The van der Waals surface area contributed by atoms with E-state index in [1.807, 2.05) is 0 Å². The number of ether oxygens (including phenoxy) is 2. The molecule has 0 N–H and O–H groups in total. The van der Waals surface area contributed by atoms with Crippen LogP contribution in [0.2, 0.25) is 0 Å². The lowest BCUT2D eigenvalue weighted by Crippen LogP contribution is -2.00. The fourth-order valence-corrected chi connectivity index (χ4v) is 2.84. The molecule has 0 saturated carbocycles. The number of nitriles is 1. The van der Waals surface area contributed by atoms with E-state index in [2.05, 4.69) is 9.83 Å². The van der Waals surface area contributed by atoms with E-state index in [0.29, 0.717) is 11.1 Å². The third-order valence-corrected chi connectivity index (χ3v) is 4.13. The minimum atomic E-state index is -0.803. The van der Waals surface area contributed by atoms with Crippen LogP contribution in [-0.2, 0) is 4.74 Å². The Bertz CT molecular complexity index is 1170. The van der Waals surface area contributed by atoms with Crippen molar-refractivity contribution in [2.75, 3.05) is 14.2 Å². The van der Waals surface area contributed by atoms with E-state index < -0.39 is 17.3 Å². The molecule has 0 radical (unpaired) electrons. The zero-order valence-corrected chi connectivity index (χ0v) is 15.0. The summed E-state index contributed by atoms with van der Waals surface area (Å²) in [6.07, 6.45) is 0. The Kier molecular flexibility index (Phi) is 5.19. The Morgan fingerprint density at radius 1 is 1.18 bits per heavy atom. The Morgan fingerprint density at radius 2 is 1.93 bits per heavy atom. The van der Waals surface area contributed by atoms with Gasteiger partial charge in [0.15, 0.2) is 5.82 Å². The van der Waals surface area contributed by atoms with E-state index in [4.69, 9.17) is 21.3 Å². The van der Waals surface area contributed by atoms with Gasteiger partial charge in [0.1, 0.15) is 22.8 Å². The molecule has 28 heavy (non-hydrogen) atoms. The number of nitrogens with zero attached hydrogens (tertiary/aromatic N) is 3. The molecule has 138 valence electrons. The van der Waals surface area contributed by atoms with Gasteiger partial charge in [-0.25, -0.2) is 23.9 Å². The van der Waals surface area contributed by atoms with Crippen molar-refractivity contribution < 1.29 is 18.3 Å². The summed E-state index contributed by atoms with van der Waals surface area (Å²) in [7, 11) is 2.66. The smallest absolute Gasteiger partial charge is 0.303 e. The molecule has 1 heterocycles. The summed E-state index contributed by atoms with van der Waals surface area (Å²) in [5.41, 5.74) is -0.200. The highest BCUT2D eigenvalue weighted by atomic mass is 19.1. The summed E-state index contributed by atoms with van der Waals surface area (Å²) in [6, 6.07) is 12.1. The van der Waals surface area contributed by atoms with Gasteiger partial charge in [0.05, 0.1) is 32.6 Å². The van der Waals surface area contributed by atoms with Gasteiger partial charge < -0.3 is 9.47 Å². The number of allylic oxidation sites excluding steroid dienone is 1. The molecule has 0 amide bonds. The molecule has 0 spiro atoms. The Hall–Kier alpha value is -3.97. The van der Waals surface area contributed by atoms with Gasteiger partial charge in [-0.1, -0.05) is 12.1 Å². The molecule has 3 rings (SSSR count). The molecule has 5 nitrogen and oxygen atoms in total. The van der Waals surface area contributed by atoms with Crippen LogP contribution in [0.1, 0.15) is 5.56 Å². The van der Waals surface area contributed by atoms with E-state index in [1.54, 1.807) is 24.3 Å². The van der Waals surface area contributed by atoms with Gasteiger partial charge in [0.25, 0.3) is 0 Å². The summed E-state index contributed by atoms with van der Waals surface area (Å²) in [6.45, 7) is 7.08. The molecular formula is C21H13F2N3O2. The highest BCUT2D eigenvalue weighted by Gasteiger charge is 2.20. The molecule has 0 unspecified atom stereocenters. The number of benzene rings is 2. The average Bonchev–Trinajstić information content (AvgIpc) is 2.72. The van der Waals surface area contributed by atoms with E-state index in [-0.39, 0.29) is 28.1 Å². The lowest BCUT2D eigenvalue weighted by molar-refractivity contribution is 0.366. The van der Waals surface area contributed by atoms with Gasteiger partial charge in [-0.05, 0) is 24.3 Å². The van der Waals surface area contributed by atoms with Gasteiger partial charge >= 0.3 is 5.70 Å². The van der Waals surface area contributed by atoms with Crippen LogP contribution in [0.15, 0.2) is 48.2 Å². The first-order chi connectivity index (χ1) is 13.5. The second-order valence-corrected chi connectivity index (χ2v) is 5.62. The van der Waals surface area contributed by atoms with Crippen molar-refractivity contribution in [1.29, 1.82) is 5.26 Å². The molecule has 3 aromatic rings. The first kappa shape index (κ1) is 18.8. The lowest BCUT2D eigenvalue weighted by Gasteiger charge is -2.13. The van der Waals surface area contributed by atoms with Crippen molar-refractivity contribution in [2.45, 2.75) is 0 Å². The molecule has 0 fully saturated rings. The summed E-state index contributed by atoms with van der Waals surface area (Å²) in [5.74, 6) is -1.20. The van der Waals surface area contributed by atoms with Crippen molar-refractivity contribution in [3.63, 3.8) is 0 Å². The third kappa shape index (κ3) is 3.10. The van der Waals surface area contributed by atoms with Crippen molar-refractivity contribution in [3.8, 4) is 23.1 Å². The molecule has 0 aliphatic carbocycles. The number of hydrogen-bond donors (Lipinski definition) is 0. The average molecular weight is 377 g/mol. The van der Waals surface area contributed by atoms with Crippen LogP contribution in [0, 0.1) is 29.5 Å². The van der Waals surface area contributed by atoms with Crippen LogP contribution in [0.25, 0.3) is 32.8 Å². The largest absolute Gasteiger partial charge is 0.506 e. The maximum Gasteiger partial charge on any atom is 0.303 e. The zero-order chi connectivity index (χ0) is 20.3. The van der Waals surface area contributed by atoms with Crippen molar-refractivity contribution in [2.24, 2.45) is 0 Å². The highest BCUT2D eigenvalue weighted by Crippen LogP contribution is 2.35. The number of fused-ring (bicyclic) bond motifs is 1. The SMILES string of the molecule is [C-]#[N+]/C(C#N)=C(\OC)c1ccc2c(OC)cc(-c3ccccc3F)nc2c1F. The van der Waals surface area contributed by atoms with Gasteiger partial charge in [-0.3, -0.25) is 0 Å². The fraction of sp³-hybridized carbons (Fsp3) is 0.0952. The third-order valence-electron chi connectivity index (χ3n) is 4.13. The predicted molar refractivity (Wildman–Crippen MR) is 99.8 cm³/mol. The van der Waals surface area contributed by atoms with E-state index in [9.17, 15) is 4.39 Å². The van der Waals surface area contributed by atoms with Crippen molar-refractivity contribution in [1.82, 2.24) is 4.98 Å². The van der Waals surface area contributed by atoms with Crippen LogP contribution in [0.5, 0.6) is 5.75 Å². The minimum Gasteiger partial charge on any atom is -0.506 e. The lowest BCUT2D eigenvalue weighted by atomic mass is 10.0. The zero-order valence-electron chi connectivity index (χ0n) is 15.0. The fourth-order valence-electron chi connectivity index (χ4n) is 2.84. The number of methoxy groups -OCH3 is 2. The Morgan fingerprint density at radius 3 is 2.54 bits per heavy atom. The predicted octanol–water partition coefficient (Wildman–Crippen LogP) is 4.95. The van der Waals surface area contributed by atoms with Crippen LogP contribution < -0.4 is 4.74 Å². The van der Waals surface area contributed by atoms with E-state index in [1.165, 1.54) is 38.5 Å². The Labute approximate surface area is 159 Å². The van der Waals surface area contributed by atoms with Gasteiger partial charge in [0.2, 0.25) is 0 Å². The summed E-state index contributed by atoms with van der Waals surface area (Å²) >= 11 is 0. The molecule has 0 aliphatic heterocycles. The van der Waals surface area contributed by atoms with E-state index >= 15 is 4.39 Å². The molecular weight excluding hydrogens is 364 g/mol. The first-order valence-electron chi connectivity index (χ1n) is 8.04. The number of rotatable bonds is 4.